The summed E-state index contributed by atoms with van der Waals surface area (Å²) in [6.45, 7) is 18.8. The van der Waals surface area contributed by atoms with Crippen LogP contribution < -0.4 is 0 Å². The summed E-state index contributed by atoms with van der Waals surface area (Å²) in [6.07, 6.45) is -0.365. The molecule has 0 aliphatic carbocycles. The molecular weight excluding hydrogens is 1080 g/mol. The number of carbonyl (C=O) groups excluding carboxylic acids is 4. The molecule has 13 heteroatoms. The third-order valence-corrected chi connectivity index (χ3v) is 19.5. The van der Waals surface area contributed by atoms with E-state index in [-0.39, 0.29) is 53.1 Å². The number of carbonyl (C=O) groups is 4. The molecule has 0 fully saturated rings. The Kier molecular flexibility index (Phi) is 14.6. The van der Waals surface area contributed by atoms with Gasteiger partial charge in [0.2, 0.25) is 0 Å². The first-order chi connectivity index (χ1) is 40.4. The highest BCUT2D eigenvalue weighted by Crippen LogP contribution is 2.45. The van der Waals surface area contributed by atoms with Crippen LogP contribution in [0.4, 0.5) is 4.39 Å². The van der Waals surface area contributed by atoms with Crippen molar-refractivity contribution in [2.75, 3.05) is 0 Å². The average Bonchev–Trinajstić information content (AvgIpc) is 3.61. The molecule has 422 valence electrons. The first kappa shape index (κ1) is 55.6. The Labute approximate surface area is 495 Å². The van der Waals surface area contributed by atoms with Crippen LogP contribution in [0.3, 0.4) is 0 Å². The fraction of sp³-hybridized carbons (Fsp3) is 0.211. The summed E-state index contributed by atoms with van der Waals surface area (Å²) < 4.78 is 17.0. The van der Waals surface area contributed by atoms with Crippen molar-refractivity contribution in [3.05, 3.63) is 279 Å². The van der Waals surface area contributed by atoms with Crippen LogP contribution in [0, 0.1) is 61.2 Å². The van der Waals surface area contributed by atoms with Gasteiger partial charge in [0.15, 0.2) is 23.1 Å². The van der Waals surface area contributed by atoms with Crippen LogP contribution in [-0.2, 0) is 0 Å². The van der Waals surface area contributed by atoms with Crippen LogP contribution in [0.1, 0.15) is 197 Å². The van der Waals surface area contributed by atoms with Crippen LogP contribution in [0.25, 0.3) is 20.2 Å². The number of hydrogen-bond donors (Lipinski definition) is 6. The second kappa shape index (κ2) is 22.0. The highest BCUT2D eigenvalue weighted by molar-refractivity contribution is 7.19. The summed E-state index contributed by atoms with van der Waals surface area (Å²) in [5.74, 6) is -2.32. The van der Waals surface area contributed by atoms with Crippen LogP contribution in [0.2, 0.25) is 0 Å². The van der Waals surface area contributed by atoms with E-state index in [0.29, 0.717) is 39.2 Å². The lowest BCUT2D eigenvalue weighted by atomic mass is 9.88. The van der Waals surface area contributed by atoms with Crippen molar-refractivity contribution < 1.29 is 23.6 Å². The summed E-state index contributed by atoms with van der Waals surface area (Å²) in [6, 6.07) is 46.1. The molecule has 0 aliphatic rings. The van der Waals surface area contributed by atoms with E-state index < -0.39 is 5.92 Å². The van der Waals surface area contributed by atoms with E-state index in [1.54, 1.807) is 48.7 Å². The van der Waals surface area contributed by atoms with Crippen molar-refractivity contribution in [1.29, 1.82) is 0 Å². The number of nitrogens with one attached hydrogen (secondary N) is 6. The molecule has 4 atom stereocenters. The molecule has 12 aromatic rings. The molecule has 8 aromatic heterocycles. The zero-order chi connectivity index (χ0) is 59.0. The number of aromatic amines is 6. The normalized spacial score (nSPS) is 13.2. The number of halogens is 1. The van der Waals surface area contributed by atoms with Gasteiger partial charge in [0, 0.05) is 110 Å². The Morgan fingerprint density at radius 2 is 0.726 bits per heavy atom. The van der Waals surface area contributed by atoms with Crippen LogP contribution >= 0.6 is 22.7 Å². The minimum Gasteiger partial charge on any atom is -0.361 e. The Hall–Kier alpha value is -8.91. The summed E-state index contributed by atoms with van der Waals surface area (Å²) in [5.41, 5.74) is 17.5. The standard InChI is InChI=1S/C71H65FN6O4S2/c1-35-60(43(9)79)39(5)73-68(35)64(45-18-12-11-13-19-45)50-28-30-53(77-50)67(59-33-48-21-15-17-23-57(48)84-59)71-38(4)63(42(8)76-71)55(82)34-54(81)62-37(3)69(75-41(62)7)65(46-24-26-49(72)27-25-46)51-29-31-52(78-51)66(58-32-47-20-14-16-22-56(47)83-58)70-36(2)61(44(10)80)40(6)74-70/h11-33,64-67,73-78H,34H2,1-10H3. The maximum Gasteiger partial charge on any atom is 0.172 e. The summed E-state index contributed by atoms with van der Waals surface area (Å²) in [7, 11) is 0. The third-order valence-electron chi connectivity index (χ3n) is 17.1. The van der Waals surface area contributed by atoms with Gasteiger partial charge in [-0.15, -0.1) is 22.7 Å². The predicted octanol–water partition coefficient (Wildman–Crippen LogP) is 17.3. The fourth-order valence-corrected chi connectivity index (χ4v) is 15.9. The number of ketones is 4. The van der Waals surface area contributed by atoms with Crippen LogP contribution in [-0.4, -0.2) is 53.0 Å². The minimum absolute atomic E-state index is 0.00322. The van der Waals surface area contributed by atoms with Gasteiger partial charge in [0.1, 0.15) is 5.82 Å². The molecule has 0 amide bonds. The molecular formula is C71H65FN6O4S2. The molecule has 0 bridgehead atoms. The van der Waals surface area contributed by atoms with E-state index in [1.165, 1.54) is 12.1 Å². The molecule has 84 heavy (non-hydrogen) atoms. The smallest absolute Gasteiger partial charge is 0.172 e. The second-order valence-corrected chi connectivity index (χ2v) is 24.8. The summed E-state index contributed by atoms with van der Waals surface area (Å²) >= 11 is 3.41. The molecule has 4 unspecified atom stereocenters. The van der Waals surface area contributed by atoms with Crippen molar-refractivity contribution in [2.45, 2.75) is 99.3 Å². The Balaban J connectivity index is 0.894. The average molecular weight is 1150 g/mol. The Morgan fingerprint density at radius 3 is 1.11 bits per heavy atom. The minimum atomic E-state index is -0.495. The van der Waals surface area contributed by atoms with Gasteiger partial charge in [-0.25, -0.2) is 4.39 Å². The van der Waals surface area contributed by atoms with E-state index in [2.05, 4.69) is 96.6 Å². The molecule has 0 radical (unpaired) electrons. The van der Waals surface area contributed by atoms with Gasteiger partial charge in [-0.2, -0.15) is 0 Å². The lowest BCUT2D eigenvalue weighted by Gasteiger charge is -2.19. The number of fused-ring (bicyclic) bond motifs is 2. The Bertz CT molecular complexity index is 4480. The first-order valence-corrected chi connectivity index (χ1v) is 30.0. The van der Waals surface area contributed by atoms with E-state index >= 15 is 0 Å². The van der Waals surface area contributed by atoms with Crippen molar-refractivity contribution in [2.24, 2.45) is 0 Å². The third kappa shape index (κ3) is 9.78. The highest BCUT2D eigenvalue weighted by Gasteiger charge is 2.35. The maximum absolute atomic E-state index is 15.0. The quantitative estimate of drug-likeness (QED) is 0.0373. The van der Waals surface area contributed by atoms with Gasteiger partial charge in [0.05, 0.1) is 30.1 Å². The van der Waals surface area contributed by atoms with Crippen molar-refractivity contribution in [3.8, 4) is 0 Å². The lowest BCUT2D eigenvalue weighted by molar-refractivity contribution is 0.0891. The Morgan fingerprint density at radius 1 is 0.393 bits per heavy atom. The number of thiophene rings is 2. The van der Waals surface area contributed by atoms with Crippen LogP contribution in [0.5, 0.6) is 0 Å². The topological polar surface area (TPSA) is 163 Å². The first-order valence-electron chi connectivity index (χ1n) is 28.4. The molecule has 0 saturated carbocycles. The van der Waals surface area contributed by atoms with E-state index in [4.69, 9.17) is 0 Å². The SMILES string of the molecule is CC(=O)c1c(C)[nH]c(C(c2ccccc2)c2ccc(C(c3cc4ccccc4s3)c3[nH]c(C)c(C(=O)CC(=O)c4c(C)[nH]c(C(c5ccc(F)cc5)c5ccc(C(c6cc7ccccc7s6)c6[nH]c(C)c(C(C)=O)c6C)[nH]5)c4C)c3C)[nH]2)c1C. The largest absolute Gasteiger partial charge is 0.361 e. The highest BCUT2D eigenvalue weighted by atomic mass is 32.1. The van der Waals surface area contributed by atoms with E-state index in [0.717, 1.165) is 115 Å². The second-order valence-electron chi connectivity index (χ2n) is 22.6. The lowest BCUT2D eigenvalue weighted by Crippen LogP contribution is -2.12. The van der Waals surface area contributed by atoms with Gasteiger partial charge in [0.25, 0.3) is 0 Å². The molecule has 4 aromatic carbocycles. The van der Waals surface area contributed by atoms with Gasteiger partial charge in [-0.05, 0) is 174 Å². The zero-order valence-corrected chi connectivity index (χ0v) is 50.3. The molecule has 10 nitrogen and oxygen atoms in total. The van der Waals surface area contributed by atoms with Gasteiger partial charge in [-0.1, -0.05) is 78.9 Å². The van der Waals surface area contributed by atoms with Crippen molar-refractivity contribution >= 4 is 66.0 Å². The number of aryl methyl sites for hydroxylation is 4. The van der Waals surface area contributed by atoms with Gasteiger partial charge < -0.3 is 29.9 Å². The van der Waals surface area contributed by atoms with E-state index in [1.807, 2.05) is 104 Å². The predicted molar refractivity (Wildman–Crippen MR) is 336 cm³/mol. The number of benzene rings is 4. The molecule has 6 N–H and O–H groups in total. The zero-order valence-electron chi connectivity index (χ0n) is 48.6. The monoisotopic (exact) mass is 1150 g/mol. The van der Waals surface area contributed by atoms with E-state index in [9.17, 15) is 23.6 Å². The number of H-pyrrole nitrogens is 6. The number of Topliss-reactive ketones (excluding diaryl/α,β-unsaturated/α-hetero) is 4. The van der Waals surface area contributed by atoms with Crippen LogP contribution in [0.15, 0.2) is 140 Å². The van der Waals surface area contributed by atoms with Gasteiger partial charge >= 0.3 is 0 Å². The maximum atomic E-state index is 15.0. The molecule has 0 spiro atoms. The number of hydrogen-bond acceptors (Lipinski definition) is 6. The van der Waals surface area contributed by atoms with Gasteiger partial charge in [-0.3, -0.25) is 19.2 Å². The molecule has 12 rings (SSSR count). The molecule has 0 saturated heterocycles. The fourth-order valence-electron chi connectivity index (χ4n) is 13.5. The summed E-state index contributed by atoms with van der Waals surface area (Å²) in [5, 5.41) is 2.24. The number of rotatable bonds is 18. The van der Waals surface area contributed by atoms with Crippen molar-refractivity contribution in [1.82, 2.24) is 29.9 Å². The molecule has 8 heterocycles. The summed E-state index contributed by atoms with van der Waals surface area (Å²) in [4.78, 5) is 80.1. The number of aromatic nitrogens is 6. The molecule has 0 aliphatic heterocycles. The van der Waals surface area contributed by atoms with Crippen molar-refractivity contribution in [3.63, 3.8) is 0 Å².